The zero-order valence-corrected chi connectivity index (χ0v) is 16.7. The topological polar surface area (TPSA) is 107 Å². The number of hydrogen-bond acceptors (Lipinski definition) is 6. The Morgan fingerprint density at radius 2 is 1.56 bits per heavy atom. The van der Waals surface area contributed by atoms with Crippen LogP contribution in [0, 0.1) is 17.8 Å². The summed E-state index contributed by atoms with van der Waals surface area (Å²) >= 11 is 0. The van der Waals surface area contributed by atoms with E-state index in [9.17, 15) is 28.4 Å². The maximum atomic E-state index is 12.4. The normalized spacial score (nSPS) is 14.2. The molecule has 8 heteroatoms. The van der Waals surface area contributed by atoms with Gasteiger partial charge in [-0.2, -0.15) is 0 Å². The van der Waals surface area contributed by atoms with Crippen LogP contribution in [0.3, 0.4) is 0 Å². The summed E-state index contributed by atoms with van der Waals surface area (Å²) in [7, 11) is 1.20. The number of ketones is 3. The number of ether oxygens (including phenoxy) is 1. The van der Waals surface area contributed by atoms with Gasteiger partial charge in [-0.15, -0.1) is 0 Å². The lowest BCUT2D eigenvalue weighted by Gasteiger charge is -2.22. The van der Waals surface area contributed by atoms with Crippen molar-refractivity contribution in [3.05, 3.63) is 0 Å². The molecule has 0 fully saturated rings. The predicted octanol–water partition coefficient (Wildman–Crippen LogP) is 1.81. The molecule has 0 saturated carbocycles. The number of esters is 1. The summed E-state index contributed by atoms with van der Waals surface area (Å²) in [4.78, 5) is 59.5. The Bertz CT molecular complexity index is 560. The number of carbonyl (C=O) groups excluding carboxylic acids is 5. The summed E-state index contributed by atoms with van der Waals surface area (Å²) in [6.45, 7) is 5.43. The molecule has 0 radical (unpaired) electrons. The molecule has 1 N–H and O–H groups in total. The van der Waals surface area contributed by atoms with E-state index in [4.69, 9.17) is 0 Å². The average Bonchev–Trinajstić information content (AvgIpc) is 2.63. The molecule has 0 aliphatic carbocycles. The zero-order valence-electron chi connectivity index (χ0n) is 16.7. The summed E-state index contributed by atoms with van der Waals surface area (Å²) < 4.78 is 17.0. The molecule has 0 rings (SSSR count). The second-order valence-electron chi connectivity index (χ2n) is 6.92. The van der Waals surface area contributed by atoms with E-state index in [-0.39, 0.29) is 37.4 Å². The van der Waals surface area contributed by atoms with Crippen molar-refractivity contribution >= 4 is 29.2 Å². The van der Waals surface area contributed by atoms with Crippen LogP contribution in [-0.4, -0.2) is 49.1 Å². The van der Waals surface area contributed by atoms with E-state index in [1.54, 1.807) is 20.8 Å². The lowest BCUT2D eigenvalue weighted by atomic mass is 9.88. The number of methoxy groups -OCH3 is 1. The van der Waals surface area contributed by atoms with Gasteiger partial charge < -0.3 is 10.1 Å². The summed E-state index contributed by atoms with van der Waals surface area (Å²) in [5.74, 6) is -4.17. The highest BCUT2D eigenvalue weighted by Gasteiger charge is 2.30. The van der Waals surface area contributed by atoms with E-state index in [0.29, 0.717) is 0 Å². The van der Waals surface area contributed by atoms with E-state index in [0.717, 1.165) is 0 Å². The third-order valence-electron chi connectivity index (χ3n) is 4.47. The quantitative estimate of drug-likeness (QED) is 0.483. The molecular formula is C19H30FNO6. The number of halogens is 1. The highest BCUT2D eigenvalue weighted by Crippen LogP contribution is 2.18. The summed E-state index contributed by atoms with van der Waals surface area (Å²) in [5.41, 5.74) is 0. The third-order valence-corrected chi connectivity index (χ3v) is 4.47. The Balaban J connectivity index is 4.98. The Kier molecular flexibility index (Phi) is 11.3. The van der Waals surface area contributed by atoms with Crippen LogP contribution in [0.2, 0.25) is 0 Å². The van der Waals surface area contributed by atoms with Gasteiger partial charge in [-0.3, -0.25) is 24.0 Å². The summed E-state index contributed by atoms with van der Waals surface area (Å²) in [6, 6.07) is -0.899. The van der Waals surface area contributed by atoms with E-state index >= 15 is 0 Å². The molecule has 3 unspecified atom stereocenters. The number of amides is 1. The number of nitrogens with one attached hydrogen (secondary N) is 1. The van der Waals surface area contributed by atoms with Crippen LogP contribution in [0.5, 0.6) is 0 Å². The molecule has 7 nitrogen and oxygen atoms in total. The first-order chi connectivity index (χ1) is 12.6. The predicted molar refractivity (Wildman–Crippen MR) is 96.6 cm³/mol. The minimum absolute atomic E-state index is 0.177. The molecule has 1 amide bonds. The SMILES string of the molecule is CCC(=O)C(CC(=O)OC)CC(=O)C(C)NC(=O)C(CC(=O)CF)C(C)C. The second-order valence-corrected chi connectivity index (χ2v) is 6.92. The van der Waals surface area contributed by atoms with E-state index < -0.39 is 48.0 Å². The first-order valence-electron chi connectivity index (χ1n) is 9.07. The molecule has 3 atom stereocenters. The lowest BCUT2D eigenvalue weighted by molar-refractivity contribution is -0.144. The fourth-order valence-electron chi connectivity index (χ4n) is 2.62. The largest absolute Gasteiger partial charge is 0.469 e. The molecule has 0 aliphatic rings. The number of Topliss-reactive ketones (excluding diaryl/α,β-unsaturated/α-hetero) is 3. The van der Waals surface area contributed by atoms with Crippen molar-refractivity contribution in [2.75, 3.05) is 13.8 Å². The molecule has 0 bridgehead atoms. The van der Waals surface area contributed by atoms with Crippen molar-refractivity contribution in [2.45, 2.75) is 59.4 Å². The van der Waals surface area contributed by atoms with Crippen molar-refractivity contribution in [3.8, 4) is 0 Å². The van der Waals surface area contributed by atoms with Crippen molar-refractivity contribution in [3.63, 3.8) is 0 Å². The van der Waals surface area contributed by atoms with Gasteiger partial charge in [0.25, 0.3) is 0 Å². The zero-order chi connectivity index (χ0) is 21.1. The van der Waals surface area contributed by atoms with Crippen LogP contribution in [0.15, 0.2) is 0 Å². The molecule has 154 valence electrons. The van der Waals surface area contributed by atoms with Crippen molar-refractivity contribution in [1.82, 2.24) is 5.32 Å². The van der Waals surface area contributed by atoms with Crippen molar-refractivity contribution < 1.29 is 33.1 Å². The Labute approximate surface area is 159 Å². The van der Waals surface area contributed by atoms with Crippen molar-refractivity contribution in [1.29, 1.82) is 0 Å². The fourth-order valence-corrected chi connectivity index (χ4v) is 2.62. The van der Waals surface area contributed by atoms with Gasteiger partial charge in [0.05, 0.1) is 19.6 Å². The highest BCUT2D eigenvalue weighted by atomic mass is 19.1. The Hall–Kier alpha value is -2.12. The molecule has 0 heterocycles. The molecular weight excluding hydrogens is 357 g/mol. The van der Waals surface area contributed by atoms with Crippen LogP contribution in [0.1, 0.15) is 53.4 Å². The van der Waals surface area contributed by atoms with E-state index in [1.165, 1.54) is 14.0 Å². The van der Waals surface area contributed by atoms with Gasteiger partial charge in [0.15, 0.2) is 11.6 Å². The number of alkyl halides is 1. The maximum Gasteiger partial charge on any atom is 0.306 e. The second kappa shape index (κ2) is 12.3. The minimum atomic E-state index is -1.14. The van der Waals surface area contributed by atoms with Crippen LogP contribution in [0.25, 0.3) is 0 Å². The van der Waals surface area contributed by atoms with Gasteiger partial charge in [0, 0.05) is 31.1 Å². The van der Waals surface area contributed by atoms with Gasteiger partial charge >= 0.3 is 5.97 Å². The summed E-state index contributed by atoms with van der Waals surface area (Å²) in [6.07, 6.45) is -0.454. The smallest absolute Gasteiger partial charge is 0.306 e. The number of rotatable bonds is 13. The molecule has 0 saturated heterocycles. The standard InChI is InChI=1S/C19H30FNO6/c1-6-16(23)13(8-18(25)27-5)7-17(24)12(4)21-19(26)15(11(2)3)9-14(22)10-20/h11-13,15H,6-10H2,1-5H3,(H,21,26). The Morgan fingerprint density at radius 1 is 0.963 bits per heavy atom. The first-order valence-corrected chi connectivity index (χ1v) is 9.07. The number of carbonyl (C=O) groups is 5. The Morgan fingerprint density at radius 3 is 2.00 bits per heavy atom. The molecule has 0 aliphatic heterocycles. The van der Waals surface area contributed by atoms with Gasteiger partial charge in [0.1, 0.15) is 12.5 Å². The molecule has 0 spiro atoms. The van der Waals surface area contributed by atoms with Gasteiger partial charge in [0.2, 0.25) is 5.91 Å². The van der Waals surface area contributed by atoms with Crippen LogP contribution >= 0.6 is 0 Å². The van der Waals surface area contributed by atoms with Gasteiger partial charge in [-0.25, -0.2) is 4.39 Å². The first kappa shape index (κ1) is 24.9. The molecule has 0 aromatic heterocycles. The monoisotopic (exact) mass is 387 g/mol. The number of hydrogen-bond donors (Lipinski definition) is 1. The van der Waals surface area contributed by atoms with Crippen LogP contribution in [-0.2, 0) is 28.7 Å². The molecule has 27 heavy (non-hydrogen) atoms. The highest BCUT2D eigenvalue weighted by molar-refractivity contribution is 5.95. The van der Waals surface area contributed by atoms with Gasteiger partial charge in [-0.1, -0.05) is 20.8 Å². The molecule has 0 aromatic carbocycles. The average molecular weight is 387 g/mol. The van der Waals surface area contributed by atoms with E-state index in [1.807, 2.05) is 0 Å². The van der Waals surface area contributed by atoms with Gasteiger partial charge in [-0.05, 0) is 12.8 Å². The molecule has 0 aromatic rings. The van der Waals surface area contributed by atoms with Crippen LogP contribution in [0.4, 0.5) is 4.39 Å². The minimum Gasteiger partial charge on any atom is -0.469 e. The van der Waals surface area contributed by atoms with Crippen LogP contribution < -0.4 is 5.32 Å². The third kappa shape index (κ3) is 8.88. The maximum absolute atomic E-state index is 12.4. The van der Waals surface area contributed by atoms with Crippen molar-refractivity contribution in [2.24, 2.45) is 17.8 Å². The lowest BCUT2D eigenvalue weighted by Crippen LogP contribution is -2.44. The fraction of sp³-hybridized carbons (Fsp3) is 0.737. The van der Waals surface area contributed by atoms with E-state index in [2.05, 4.69) is 10.1 Å². The summed E-state index contributed by atoms with van der Waals surface area (Å²) in [5, 5.41) is 2.53.